The number of anilines is 1. The first kappa shape index (κ1) is 25.1. The van der Waals surface area contributed by atoms with Crippen LogP contribution in [0.5, 0.6) is 5.75 Å². The highest BCUT2D eigenvalue weighted by Gasteiger charge is 2.46. The van der Waals surface area contributed by atoms with E-state index in [2.05, 4.69) is 38.5 Å². The van der Waals surface area contributed by atoms with Gasteiger partial charge in [0.2, 0.25) is 5.91 Å². The maximum Gasteiger partial charge on any atom is 0.230 e. The molecule has 0 unspecified atom stereocenters. The number of nitrogens with zero attached hydrogens (tertiary/aromatic N) is 4. The Balaban J connectivity index is 1.29. The SMILES string of the molecule is C[C@H](NC(=O)C1(C)CN(c2ncnn3cc(-c4ccc(OC(C)(C)C)cc4)cc23)C1)c1ccc(Cl)cc1. The van der Waals surface area contributed by atoms with Gasteiger partial charge in [0.05, 0.1) is 11.5 Å². The lowest BCUT2D eigenvalue weighted by Crippen LogP contribution is -2.62. The number of carbonyl (C=O) groups is 1. The van der Waals surface area contributed by atoms with Crippen molar-refractivity contribution in [1.29, 1.82) is 0 Å². The standard InChI is InChI=1S/C29H32ClN5O2/c1-19(20-6-10-23(30)11-7-20)33-27(36)29(5)16-34(17-29)26-25-14-22(15-35(25)32-18-31-26)21-8-12-24(13-9-21)37-28(2,3)4/h6-15,18-19H,16-17H2,1-5H3,(H,33,36)/t19-/m0/s1. The van der Waals surface area contributed by atoms with Crippen LogP contribution in [0.2, 0.25) is 5.02 Å². The second kappa shape index (κ2) is 9.38. The first-order valence-electron chi connectivity index (χ1n) is 12.4. The molecule has 1 aliphatic heterocycles. The highest BCUT2D eigenvalue weighted by atomic mass is 35.5. The fraction of sp³-hybridized carbons (Fsp3) is 0.345. The molecule has 0 bridgehead atoms. The Labute approximate surface area is 222 Å². The van der Waals surface area contributed by atoms with Gasteiger partial charge in [-0.1, -0.05) is 35.9 Å². The van der Waals surface area contributed by atoms with Crippen molar-refractivity contribution < 1.29 is 9.53 Å². The maximum atomic E-state index is 13.1. The minimum Gasteiger partial charge on any atom is -0.488 e. The average Bonchev–Trinajstić information content (AvgIpc) is 3.26. The molecule has 0 aliphatic carbocycles. The van der Waals surface area contributed by atoms with E-state index in [0.717, 1.165) is 33.8 Å². The Morgan fingerprint density at radius 1 is 1.08 bits per heavy atom. The molecule has 7 nitrogen and oxygen atoms in total. The summed E-state index contributed by atoms with van der Waals surface area (Å²) < 4.78 is 7.79. The summed E-state index contributed by atoms with van der Waals surface area (Å²) in [5, 5.41) is 8.25. The van der Waals surface area contributed by atoms with E-state index in [9.17, 15) is 4.79 Å². The monoisotopic (exact) mass is 517 g/mol. The van der Waals surface area contributed by atoms with Crippen molar-refractivity contribution in [3.8, 4) is 16.9 Å². The van der Waals surface area contributed by atoms with Gasteiger partial charge in [-0.05, 0) is 76.1 Å². The van der Waals surface area contributed by atoms with Gasteiger partial charge in [0.1, 0.15) is 23.2 Å². The molecule has 1 amide bonds. The van der Waals surface area contributed by atoms with Gasteiger partial charge in [-0.2, -0.15) is 5.10 Å². The number of carbonyl (C=O) groups excluding carboxylic acids is 1. The van der Waals surface area contributed by atoms with Crippen molar-refractivity contribution >= 4 is 28.8 Å². The third-order valence-electron chi connectivity index (χ3n) is 6.64. The van der Waals surface area contributed by atoms with E-state index < -0.39 is 5.41 Å². The predicted octanol–water partition coefficient (Wildman–Crippen LogP) is 5.93. The highest BCUT2D eigenvalue weighted by Crippen LogP contribution is 2.37. The topological polar surface area (TPSA) is 71.8 Å². The molecule has 5 rings (SSSR count). The molecule has 2 aromatic carbocycles. The molecule has 0 radical (unpaired) electrons. The van der Waals surface area contributed by atoms with Gasteiger partial charge >= 0.3 is 0 Å². The van der Waals surface area contributed by atoms with Crippen molar-refractivity contribution in [3.05, 3.63) is 77.7 Å². The summed E-state index contributed by atoms with van der Waals surface area (Å²) in [6.07, 6.45) is 3.56. The molecule has 3 heterocycles. The molecule has 2 aromatic heterocycles. The molecule has 37 heavy (non-hydrogen) atoms. The zero-order chi connectivity index (χ0) is 26.4. The lowest BCUT2D eigenvalue weighted by Gasteiger charge is -2.47. The number of ether oxygens (including phenoxy) is 1. The summed E-state index contributed by atoms with van der Waals surface area (Å²) >= 11 is 6.00. The number of fused-ring (bicyclic) bond motifs is 1. The molecule has 1 saturated heterocycles. The fourth-order valence-corrected chi connectivity index (χ4v) is 4.81. The number of benzene rings is 2. The van der Waals surface area contributed by atoms with Crippen LogP contribution >= 0.6 is 11.6 Å². The van der Waals surface area contributed by atoms with E-state index in [4.69, 9.17) is 16.3 Å². The van der Waals surface area contributed by atoms with Crippen LogP contribution in [0.1, 0.15) is 46.2 Å². The first-order chi connectivity index (χ1) is 17.5. The van der Waals surface area contributed by atoms with Gasteiger partial charge in [-0.15, -0.1) is 0 Å². The molecule has 4 aromatic rings. The van der Waals surface area contributed by atoms with Crippen LogP contribution in [0.25, 0.3) is 16.6 Å². The second-order valence-electron chi connectivity index (χ2n) is 11.0. The van der Waals surface area contributed by atoms with Crippen LogP contribution in [0.15, 0.2) is 67.1 Å². The lowest BCUT2D eigenvalue weighted by atomic mass is 9.80. The number of nitrogens with one attached hydrogen (secondary N) is 1. The van der Waals surface area contributed by atoms with E-state index in [1.54, 1.807) is 6.33 Å². The van der Waals surface area contributed by atoms with Crippen LogP contribution in [-0.2, 0) is 4.79 Å². The predicted molar refractivity (Wildman–Crippen MR) is 147 cm³/mol. The molecule has 0 spiro atoms. The molecular formula is C29H32ClN5O2. The van der Waals surface area contributed by atoms with Gasteiger partial charge < -0.3 is 15.0 Å². The molecule has 1 atom stereocenters. The van der Waals surface area contributed by atoms with Crippen molar-refractivity contribution in [2.75, 3.05) is 18.0 Å². The summed E-state index contributed by atoms with van der Waals surface area (Å²) in [5.41, 5.74) is 3.30. The van der Waals surface area contributed by atoms with Gasteiger partial charge in [0.25, 0.3) is 0 Å². The Hall–Kier alpha value is -3.58. The molecule has 8 heteroatoms. The Bertz CT molecular complexity index is 1420. The first-order valence-corrected chi connectivity index (χ1v) is 12.8. The molecule has 0 saturated carbocycles. The van der Waals surface area contributed by atoms with Crippen molar-refractivity contribution in [2.24, 2.45) is 5.41 Å². The van der Waals surface area contributed by atoms with E-state index in [1.807, 2.05) is 81.7 Å². The summed E-state index contributed by atoms with van der Waals surface area (Å²) in [5.74, 6) is 1.69. The summed E-state index contributed by atoms with van der Waals surface area (Å²) in [6.45, 7) is 11.2. The highest BCUT2D eigenvalue weighted by molar-refractivity contribution is 6.30. The van der Waals surface area contributed by atoms with Crippen LogP contribution < -0.4 is 15.0 Å². The van der Waals surface area contributed by atoms with E-state index in [-0.39, 0.29) is 17.6 Å². The van der Waals surface area contributed by atoms with Gasteiger partial charge in [0, 0.05) is 29.9 Å². The van der Waals surface area contributed by atoms with Gasteiger partial charge in [-0.3, -0.25) is 4.79 Å². The Morgan fingerprint density at radius 2 is 1.76 bits per heavy atom. The number of aromatic nitrogens is 3. The van der Waals surface area contributed by atoms with Crippen molar-refractivity contribution in [3.63, 3.8) is 0 Å². The van der Waals surface area contributed by atoms with Crippen LogP contribution in [0.3, 0.4) is 0 Å². The minimum absolute atomic E-state index is 0.0323. The largest absolute Gasteiger partial charge is 0.488 e. The zero-order valence-corrected chi connectivity index (χ0v) is 22.6. The molecule has 1 N–H and O–H groups in total. The summed E-state index contributed by atoms with van der Waals surface area (Å²) in [7, 11) is 0. The average molecular weight is 518 g/mol. The summed E-state index contributed by atoms with van der Waals surface area (Å²) in [4.78, 5) is 19.8. The third-order valence-corrected chi connectivity index (χ3v) is 6.89. The van der Waals surface area contributed by atoms with E-state index in [0.29, 0.717) is 18.1 Å². The molecule has 192 valence electrons. The van der Waals surface area contributed by atoms with E-state index >= 15 is 0 Å². The molecular weight excluding hydrogens is 486 g/mol. The van der Waals surface area contributed by atoms with Crippen molar-refractivity contribution in [1.82, 2.24) is 19.9 Å². The lowest BCUT2D eigenvalue weighted by molar-refractivity contribution is -0.132. The minimum atomic E-state index is -0.499. The number of hydrogen-bond donors (Lipinski definition) is 1. The van der Waals surface area contributed by atoms with E-state index in [1.165, 1.54) is 0 Å². The Kier molecular flexibility index (Phi) is 6.36. The second-order valence-corrected chi connectivity index (χ2v) is 11.5. The van der Waals surface area contributed by atoms with Gasteiger partial charge in [0.15, 0.2) is 5.82 Å². The third kappa shape index (κ3) is 5.27. The van der Waals surface area contributed by atoms with Crippen LogP contribution in [-0.4, -0.2) is 39.2 Å². The number of rotatable bonds is 6. The van der Waals surface area contributed by atoms with Gasteiger partial charge in [-0.25, -0.2) is 9.50 Å². The van der Waals surface area contributed by atoms with Crippen molar-refractivity contribution in [2.45, 2.75) is 46.3 Å². The molecule has 1 fully saturated rings. The number of hydrogen-bond acceptors (Lipinski definition) is 5. The summed E-state index contributed by atoms with van der Waals surface area (Å²) in [6, 6.07) is 17.6. The Morgan fingerprint density at radius 3 is 2.41 bits per heavy atom. The quantitative estimate of drug-likeness (QED) is 0.343. The zero-order valence-electron chi connectivity index (χ0n) is 21.8. The van der Waals surface area contributed by atoms with Crippen LogP contribution in [0, 0.1) is 5.41 Å². The fourth-order valence-electron chi connectivity index (χ4n) is 4.68. The number of halogens is 1. The molecule has 1 aliphatic rings. The smallest absolute Gasteiger partial charge is 0.230 e. The van der Waals surface area contributed by atoms with Crippen LogP contribution in [0.4, 0.5) is 5.82 Å². The normalized spacial score (nSPS) is 15.8. The maximum absolute atomic E-state index is 13.1. The number of amides is 1.